The van der Waals surface area contributed by atoms with E-state index in [0.717, 1.165) is 29.5 Å². The largest absolute Gasteiger partial charge is 0.372 e. The monoisotopic (exact) mass is 373 g/mol. The van der Waals surface area contributed by atoms with E-state index in [-0.39, 0.29) is 31.7 Å². The number of hydrogen-bond donors (Lipinski definition) is 1. The van der Waals surface area contributed by atoms with Gasteiger partial charge in [-0.1, -0.05) is 19.1 Å². The number of piperidine rings is 1. The first-order chi connectivity index (χ1) is 12.9. The van der Waals surface area contributed by atoms with Gasteiger partial charge in [-0.25, -0.2) is 0 Å². The van der Waals surface area contributed by atoms with E-state index in [9.17, 15) is 14.4 Å². The van der Waals surface area contributed by atoms with Gasteiger partial charge in [-0.15, -0.1) is 0 Å². The average Bonchev–Trinajstić information content (AvgIpc) is 2.65. The van der Waals surface area contributed by atoms with Gasteiger partial charge in [0.15, 0.2) is 0 Å². The summed E-state index contributed by atoms with van der Waals surface area (Å²) in [5.74, 6) is -0.523. The zero-order valence-corrected chi connectivity index (χ0v) is 15.9. The smallest absolute Gasteiger partial charge is 0.255 e. The molecule has 1 N–H and O–H groups in total. The van der Waals surface area contributed by atoms with Crippen molar-refractivity contribution in [3.8, 4) is 0 Å². The highest BCUT2D eigenvalue weighted by molar-refractivity contribution is 6.01. The van der Waals surface area contributed by atoms with Crippen LogP contribution >= 0.6 is 0 Å². The second-order valence-corrected chi connectivity index (χ2v) is 7.42. The second-order valence-electron chi connectivity index (χ2n) is 7.42. The van der Waals surface area contributed by atoms with E-state index < -0.39 is 11.8 Å². The maximum atomic E-state index is 12.2. The normalized spacial score (nSPS) is 19.9. The molecule has 2 saturated heterocycles. The number of rotatable bonds is 5. The van der Waals surface area contributed by atoms with Crippen LogP contribution in [0.15, 0.2) is 24.3 Å². The SMILES string of the molecule is CC1CCN(c2ccc([C@@H](C)NC(=O)CN3C(=O)COCC3=O)cc2)CC1. The summed E-state index contributed by atoms with van der Waals surface area (Å²) in [6, 6.07) is 8.00. The Morgan fingerprint density at radius 2 is 1.74 bits per heavy atom. The molecule has 1 aromatic carbocycles. The Morgan fingerprint density at radius 1 is 1.15 bits per heavy atom. The molecule has 0 bridgehead atoms. The fourth-order valence-electron chi connectivity index (χ4n) is 3.45. The molecule has 2 heterocycles. The Kier molecular flexibility index (Phi) is 6.11. The van der Waals surface area contributed by atoms with E-state index in [4.69, 9.17) is 4.74 Å². The minimum Gasteiger partial charge on any atom is -0.372 e. The molecule has 1 atom stereocenters. The third-order valence-corrected chi connectivity index (χ3v) is 5.27. The fraction of sp³-hybridized carbons (Fsp3) is 0.550. The minimum absolute atomic E-state index is 0.161. The Balaban J connectivity index is 1.54. The van der Waals surface area contributed by atoms with E-state index in [0.29, 0.717) is 0 Å². The summed E-state index contributed by atoms with van der Waals surface area (Å²) in [6.45, 7) is 5.75. The Labute approximate surface area is 159 Å². The van der Waals surface area contributed by atoms with Crippen molar-refractivity contribution in [1.82, 2.24) is 10.2 Å². The summed E-state index contributed by atoms with van der Waals surface area (Å²) in [6.07, 6.45) is 2.43. The van der Waals surface area contributed by atoms with E-state index in [1.54, 1.807) is 0 Å². The molecule has 0 aliphatic carbocycles. The van der Waals surface area contributed by atoms with Gasteiger partial charge in [0.05, 0.1) is 6.04 Å². The number of nitrogens with one attached hydrogen (secondary N) is 1. The van der Waals surface area contributed by atoms with Crippen LogP contribution in [0.2, 0.25) is 0 Å². The van der Waals surface area contributed by atoms with Crippen LogP contribution in [0.3, 0.4) is 0 Å². The Morgan fingerprint density at radius 3 is 2.33 bits per heavy atom. The summed E-state index contributed by atoms with van der Waals surface area (Å²) < 4.78 is 4.85. The van der Waals surface area contributed by atoms with E-state index in [1.807, 2.05) is 19.1 Å². The van der Waals surface area contributed by atoms with Crippen LogP contribution in [0.5, 0.6) is 0 Å². The molecule has 2 aliphatic rings. The first-order valence-corrected chi connectivity index (χ1v) is 9.49. The molecule has 146 valence electrons. The molecule has 0 radical (unpaired) electrons. The van der Waals surface area contributed by atoms with Gasteiger partial charge in [0.25, 0.3) is 11.8 Å². The van der Waals surface area contributed by atoms with Gasteiger partial charge >= 0.3 is 0 Å². The third-order valence-electron chi connectivity index (χ3n) is 5.27. The molecular formula is C20H27N3O4. The molecule has 0 spiro atoms. The van der Waals surface area contributed by atoms with Crippen molar-refractivity contribution in [2.75, 3.05) is 37.7 Å². The molecule has 27 heavy (non-hydrogen) atoms. The van der Waals surface area contributed by atoms with E-state index in [2.05, 4.69) is 29.3 Å². The van der Waals surface area contributed by atoms with Crippen molar-refractivity contribution in [3.63, 3.8) is 0 Å². The summed E-state index contributed by atoms with van der Waals surface area (Å²) in [7, 11) is 0. The average molecular weight is 373 g/mol. The molecule has 3 rings (SSSR count). The topological polar surface area (TPSA) is 79.0 Å². The number of hydrogen-bond acceptors (Lipinski definition) is 5. The van der Waals surface area contributed by atoms with Crippen molar-refractivity contribution >= 4 is 23.4 Å². The van der Waals surface area contributed by atoms with Crippen LogP contribution < -0.4 is 10.2 Å². The highest BCUT2D eigenvalue weighted by Gasteiger charge is 2.28. The summed E-state index contributed by atoms with van der Waals surface area (Å²) in [4.78, 5) is 39.0. The molecule has 7 heteroatoms. The molecular weight excluding hydrogens is 346 g/mol. The Bertz CT molecular complexity index is 680. The fourth-order valence-corrected chi connectivity index (χ4v) is 3.45. The number of nitrogens with zero attached hydrogens (tertiary/aromatic N) is 2. The maximum Gasteiger partial charge on any atom is 0.255 e. The van der Waals surface area contributed by atoms with Gasteiger partial charge in [0, 0.05) is 18.8 Å². The molecule has 0 saturated carbocycles. The molecule has 0 aromatic heterocycles. The third kappa shape index (κ3) is 4.86. The second kappa shape index (κ2) is 8.52. The highest BCUT2D eigenvalue weighted by Crippen LogP contribution is 2.24. The van der Waals surface area contributed by atoms with Crippen molar-refractivity contribution in [2.45, 2.75) is 32.7 Å². The molecule has 7 nitrogen and oxygen atoms in total. The van der Waals surface area contributed by atoms with Gasteiger partial charge in [-0.2, -0.15) is 0 Å². The van der Waals surface area contributed by atoms with Crippen molar-refractivity contribution in [3.05, 3.63) is 29.8 Å². The quantitative estimate of drug-likeness (QED) is 0.791. The molecule has 3 amide bonds. The number of benzene rings is 1. The van der Waals surface area contributed by atoms with Crippen LogP contribution in [0, 0.1) is 5.92 Å². The van der Waals surface area contributed by atoms with Gasteiger partial charge in [-0.05, 0) is 43.4 Å². The van der Waals surface area contributed by atoms with Crippen LogP contribution in [-0.2, 0) is 19.1 Å². The van der Waals surface area contributed by atoms with Gasteiger partial charge in [-0.3, -0.25) is 19.3 Å². The summed E-state index contributed by atoms with van der Waals surface area (Å²) in [5.41, 5.74) is 2.19. The van der Waals surface area contributed by atoms with Crippen LogP contribution in [-0.4, -0.2) is 55.5 Å². The zero-order chi connectivity index (χ0) is 19.4. The van der Waals surface area contributed by atoms with Crippen molar-refractivity contribution in [1.29, 1.82) is 0 Å². The highest BCUT2D eigenvalue weighted by atomic mass is 16.5. The summed E-state index contributed by atoms with van der Waals surface area (Å²) >= 11 is 0. The van der Waals surface area contributed by atoms with Gasteiger partial charge in [0.2, 0.25) is 5.91 Å². The standard InChI is InChI=1S/C20H27N3O4/c1-14-7-9-22(10-8-14)17-5-3-16(4-6-17)15(2)21-18(24)11-23-19(25)12-27-13-20(23)26/h3-6,14-15H,7-13H2,1-2H3,(H,21,24)/t15-/m1/s1. The number of carbonyl (C=O) groups is 3. The number of amides is 3. The minimum atomic E-state index is -0.478. The molecule has 1 aromatic rings. The van der Waals surface area contributed by atoms with Crippen LogP contribution in [0.25, 0.3) is 0 Å². The van der Waals surface area contributed by atoms with Crippen LogP contribution in [0.4, 0.5) is 5.69 Å². The van der Waals surface area contributed by atoms with Crippen molar-refractivity contribution in [2.24, 2.45) is 5.92 Å². The lowest BCUT2D eigenvalue weighted by atomic mass is 9.98. The predicted molar refractivity (Wildman–Crippen MR) is 101 cm³/mol. The number of ether oxygens (including phenoxy) is 1. The summed E-state index contributed by atoms with van der Waals surface area (Å²) in [5, 5.41) is 2.85. The molecule has 2 aliphatic heterocycles. The zero-order valence-electron chi connectivity index (χ0n) is 15.9. The van der Waals surface area contributed by atoms with Gasteiger partial charge < -0.3 is 15.0 Å². The molecule has 0 unspecified atom stereocenters. The number of morpholine rings is 1. The lowest BCUT2D eigenvalue weighted by Crippen LogP contribution is -2.50. The molecule has 2 fully saturated rings. The maximum absolute atomic E-state index is 12.2. The lowest BCUT2D eigenvalue weighted by molar-refractivity contribution is -0.160. The van der Waals surface area contributed by atoms with Crippen molar-refractivity contribution < 1.29 is 19.1 Å². The van der Waals surface area contributed by atoms with E-state index >= 15 is 0 Å². The Hall–Kier alpha value is -2.41. The number of carbonyl (C=O) groups excluding carboxylic acids is 3. The van der Waals surface area contributed by atoms with Gasteiger partial charge in [0.1, 0.15) is 19.8 Å². The first-order valence-electron chi connectivity index (χ1n) is 9.49. The predicted octanol–water partition coefficient (Wildman–Crippen LogP) is 1.49. The lowest BCUT2D eigenvalue weighted by Gasteiger charge is -2.32. The van der Waals surface area contributed by atoms with Crippen LogP contribution in [0.1, 0.15) is 38.3 Å². The number of imide groups is 1. The first kappa shape index (κ1) is 19.4. The number of anilines is 1. The van der Waals surface area contributed by atoms with E-state index in [1.165, 1.54) is 18.5 Å².